The van der Waals surface area contributed by atoms with Gasteiger partial charge in [0.15, 0.2) is 0 Å². The van der Waals surface area contributed by atoms with Crippen LogP contribution in [0.1, 0.15) is 20.8 Å². The van der Waals surface area contributed by atoms with Crippen molar-refractivity contribution in [1.29, 1.82) is 0 Å². The van der Waals surface area contributed by atoms with Crippen LogP contribution in [0.3, 0.4) is 0 Å². The molecule has 0 bridgehead atoms. The Morgan fingerprint density at radius 1 is 1.29 bits per heavy atom. The standard InChI is InChI=1S/C15H15NO3S2/c16-14(19)15(9-20,7-10-4-2-1-3-5-10)11-6-12(13(17)18)21-8-11/h1-6,8,20H,7,9H2,(H2,16,19)(H,17,18). The lowest BCUT2D eigenvalue weighted by Gasteiger charge is -2.28. The highest BCUT2D eigenvalue weighted by Crippen LogP contribution is 2.33. The summed E-state index contributed by atoms with van der Waals surface area (Å²) in [6.07, 6.45) is 0.391. The monoisotopic (exact) mass is 321 g/mol. The SMILES string of the molecule is NC(=O)C(CS)(Cc1ccccc1)c1csc(C(=O)O)c1. The first-order valence-electron chi connectivity index (χ1n) is 6.26. The van der Waals surface area contributed by atoms with Gasteiger partial charge in [-0.2, -0.15) is 12.6 Å². The zero-order chi connectivity index (χ0) is 15.5. The van der Waals surface area contributed by atoms with E-state index >= 15 is 0 Å². The van der Waals surface area contributed by atoms with Gasteiger partial charge in [-0.15, -0.1) is 11.3 Å². The average Bonchev–Trinajstić information content (AvgIpc) is 2.96. The van der Waals surface area contributed by atoms with Crippen LogP contribution in [0, 0.1) is 0 Å². The Labute approximate surface area is 132 Å². The Bertz CT molecular complexity index is 654. The van der Waals surface area contributed by atoms with Crippen molar-refractivity contribution in [3.63, 3.8) is 0 Å². The number of aromatic carboxylic acids is 1. The highest BCUT2D eigenvalue weighted by atomic mass is 32.1. The number of hydrogen-bond acceptors (Lipinski definition) is 4. The number of hydrogen-bond donors (Lipinski definition) is 3. The largest absolute Gasteiger partial charge is 0.477 e. The topological polar surface area (TPSA) is 80.4 Å². The number of amides is 1. The second-order valence-electron chi connectivity index (χ2n) is 4.77. The smallest absolute Gasteiger partial charge is 0.345 e. The molecule has 6 heteroatoms. The van der Waals surface area contributed by atoms with Crippen LogP contribution in [0.15, 0.2) is 41.8 Å². The van der Waals surface area contributed by atoms with Gasteiger partial charge in [0, 0.05) is 5.75 Å². The van der Waals surface area contributed by atoms with Crippen LogP contribution in [0.5, 0.6) is 0 Å². The van der Waals surface area contributed by atoms with E-state index in [2.05, 4.69) is 12.6 Å². The third kappa shape index (κ3) is 3.11. The van der Waals surface area contributed by atoms with Crippen molar-refractivity contribution in [3.8, 4) is 0 Å². The van der Waals surface area contributed by atoms with Crippen LogP contribution in [-0.4, -0.2) is 22.7 Å². The maximum absolute atomic E-state index is 12.1. The number of rotatable bonds is 6. The fraction of sp³-hybridized carbons (Fsp3) is 0.200. The fourth-order valence-electron chi connectivity index (χ4n) is 2.20. The molecule has 1 aromatic carbocycles. The first-order chi connectivity index (χ1) is 9.99. The van der Waals surface area contributed by atoms with Gasteiger partial charge in [0.2, 0.25) is 5.91 Å². The molecule has 1 atom stereocenters. The number of carboxylic acids is 1. The summed E-state index contributed by atoms with van der Waals surface area (Å²) < 4.78 is 0. The van der Waals surface area contributed by atoms with Crippen molar-refractivity contribution in [2.75, 3.05) is 5.75 Å². The van der Waals surface area contributed by atoms with Crippen molar-refractivity contribution >= 4 is 35.8 Å². The number of carbonyl (C=O) groups excluding carboxylic acids is 1. The summed E-state index contributed by atoms with van der Waals surface area (Å²) in [5.41, 5.74) is 6.17. The van der Waals surface area contributed by atoms with Gasteiger partial charge in [-0.3, -0.25) is 4.79 Å². The molecule has 21 heavy (non-hydrogen) atoms. The number of primary amides is 1. The molecule has 0 saturated carbocycles. The summed E-state index contributed by atoms with van der Waals surface area (Å²) in [4.78, 5) is 23.3. The van der Waals surface area contributed by atoms with E-state index in [4.69, 9.17) is 10.8 Å². The van der Waals surface area contributed by atoms with Crippen LogP contribution in [-0.2, 0) is 16.6 Å². The fourth-order valence-corrected chi connectivity index (χ4v) is 3.49. The number of nitrogens with two attached hydrogens (primary N) is 1. The lowest BCUT2D eigenvalue weighted by molar-refractivity contribution is -0.122. The Morgan fingerprint density at radius 3 is 2.43 bits per heavy atom. The van der Waals surface area contributed by atoms with Crippen LogP contribution < -0.4 is 5.73 Å². The van der Waals surface area contributed by atoms with E-state index in [0.717, 1.165) is 16.9 Å². The van der Waals surface area contributed by atoms with Gasteiger partial charge in [0.25, 0.3) is 0 Å². The third-order valence-corrected chi connectivity index (χ3v) is 4.91. The van der Waals surface area contributed by atoms with Gasteiger partial charge >= 0.3 is 5.97 Å². The zero-order valence-corrected chi connectivity index (χ0v) is 12.9. The number of carbonyl (C=O) groups is 2. The lowest BCUT2D eigenvalue weighted by atomic mass is 9.77. The van der Waals surface area contributed by atoms with Crippen LogP contribution in [0.4, 0.5) is 0 Å². The Hall–Kier alpha value is -1.79. The molecule has 0 saturated heterocycles. The second kappa shape index (κ2) is 6.32. The van der Waals surface area contributed by atoms with Crippen molar-refractivity contribution in [2.24, 2.45) is 5.73 Å². The van der Waals surface area contributed by atoms with Crippen LogP contribution in [0.2, 0.25) is 0 Å². The van der Waals surface area contributed by atoms with E-state index in [1.165, 1.54) is 6.07 Å². The molecule has 2 aromatic rings. The summed E-state index contributed by atoms with van der Waals surface area (Å²) >= 11 is 5.39. The van der Waals surface area contributed by atoms with Gasteiger partial charge in [0.05, 0.1) is 5.41 Å². The molecule has 1 aromatic heterocycles. The van der Waals surface area contributed by atoms with E-state index in [-0.39, 0.29) is 10.6 Å². The first kappa shape index (κ1) is 15.6. The Morgan fingerprint density at radius 2 is 1.95 bits per heavy atom. The molecule has 1 amide bonds. The number of thiol groups is 1. The minimum Gasteiger partial charge on any atom is -0.477 e. The molecule has 0 spiro atoms. The number of carboxylic acid groups (broad SMARTS) is 1. The minimum absolute atomic E-state index is 0.186. The van der Waals surface area contributed by atoms with E-state index in [1.807, 2.05) is 30.3 Å². The van der Waals surface area contributed by atoms with Crippen molar-refractivity contribution in [1.82, 2.24) is 0 Å². The van der Waals surface area contributed by atoms with Gasteiger partial charge in [-0.05, 0) is 29.0 Å². The predicted molar refractivity (Wildman–Crippen MR) is 86.1 cm³/mol. The highest BCUT2D eigenvalue weighted by molar-refractivity contribution is 7.80. The van der Waals surface area contributed by atoms with Crippen LogP contribution in [0.25, 0.3) is 0 Å². The summed E-state index contributed by atoms with van der Waals surface area (Å²) in [6, 6.07) is 11.0. The van der Waals surface area contributed by atoms with Crippen molar-refractivity contribution in [3.05, 3.63) is 57.8 Å². The molecule has 0 aliphatic carbocycles. The number of thiophene rings is 1. The maximum atomic E-state index is 12.1. The molecule has 0 radical (unpaired) electrons. The second-order valence-corrected chi connectivity index (χ2v) is 6.00. The van der Waals surface area contributed by atoms with E-state index < -0.39 is 17.3 Å². The summed E-state index contributed by atoms with van der Waals surface area (Å²) in [6.45, 7) is 0. The molecule has 1 heterocycles. The highest BCUT2D eigenvalue weighted by Gasteiger charge is 2.38. The summed E-state index contributed by atoms with van der Waals surface area (Å²) in [5.74, 6) is -1.30. The Balaban J connectivity index is 2.45. The molecular formula is C15H15NO3S2. The molecule has 3 N–H and O–H groups in total. The minimum atomic E-state index is -1.01. The molecule has 2 rings (SSSR count). The van der Waals surface area contributed by atoms with Gasteiger partial charge in [-0.1, -0.05) is 30.3 Å². The molecule has 4 nitrogen and oxygen atoms in total. The quantitative estimate of drug-likeness (QED) is 0.714. The lowest BCUT2D eigenvalue weighted by Crippen LogP contribution is -2.44. The van der Waals surface area contributed by atoms with Gasteiger partial charge < -0.3 is 10.8 Å². The molecule has 1 unspecified atom stereocenters. The molecular weight excluding hydrogens is 306 g/mol. The van der Waals surface area contributed by atoms with Gasteiger partial charge in [-0.25, -0.2) is 4.79 Å². The zero-order valence-electron chi connectivity index (χ0n) is 11.2. The molecule has 0 fully saturated rings. The van der Waals surface area contributed by atoms with E-state index in [0.29, 0.717) is 12.0 Å². The summed E-state index contributed by atoms with van der Waals surface area (Å²) in [5, 5.41) is 10.7. The van der Waals surface area contributed by atoms with Gasteiger partial charge in [0.1, 0.15) is 4.88 Å². The van der Waals surface area contributed by atoms with E-state index in [9.17, 15) is 9.59 Å². The average molecular weight is 321 g/mol. The molecule has 110 valence electrons. The van der Waals surface area contributed by atoms with E-state index in [1.54, 1.807) is 5.38 Å². The van der Waals surface area contributed by atoms with Crippen molar-refractivity contribution in [2.45, 2.75) is 11.8 Å². The molecule has 0 aliphatic rings. The first-order valence-corrected chi connectivity index (χ1v) is 7.78. The Kier molecular flexibility index (Phi) is 4.69. The maximum Gasteiger partial charge on any atom is 0.345 e. The summed E-state index contributed by atoms with van der Waals surface area (Å²) in [7, 11) is 0. The third-order valence-electron chi connectivity index (χ3n) is 3.45. The van der Waals surface area contributed by atoms with Crippen LogP contribution >= 0.6 is 24.0 Å². The predicted octanol–water partition coefficient (Wildman–Crippen LogP) is 2.34. The van der Waals surface area contributed by atoms with Crippen molar-refractivity contribution < 1.29 is 14.7 Å². The molecule has 0 aliphatic heterocycles. The number of benzene rings is 1. The normalized spacial score (nSPS) is 13.6.